The molecule has 142 valence electrons. The van der Waals surface area contributed by atoms with Crippen molar-refractivity contribution in [1.82, 2.24) is 19.6 Å². The molecule has 0 aliphatic heterocycles. The molecule has 6 nitrogen and oxygen atoms in total. The quantitative estimate of drug-likeness (QED) is 0.523. The van der Waals surface area contributed by atoms with Crippen molar-refractivity contribution in [2.75, 3.05) is 5.32 Å². The number of benzene rings is 1. The van der Waals surface area contributed by atoms with Crippen LogP contribution in [-0.2, 0) is 11.3 Å². The van der Waals surface area contributed by atoms with E-state index in [1.165, 1.54) is 0 Å². The fourth-order valence-electron chi connectivity index (χ4n) is 2.51. The van der Waals surface area contributed by atoms with Crippen molar-refractivity contribution in [1.29, 1.82) is 0 Å². The molecule has 2 aromatic heterocycles. The predicted molar refractivity (Wildman–Crippen MR) is 111 cm³/mol. The molecule has 1 N–H and O–H groups in total. The van der Waals surface area contributed by atoms with Crippen molar-refractivity contribution in [3.8, 4) is 0 Å². The van der Waals surface area contributed by atoms with Gasteiger partial charge in [0.25, 0.3) is 0 Å². The van der Waals surface area contributed by atoms with Gasteiger partial charge in [0.2, 0.25) is 5.91 Å². The first-order valence-electron chi connectivity index (χ1n) is 7.93. The van der Waals surface area contributed by atoms with E-state index in [4.69, 9.17) is 34.8 Å². The van der Waals surface area contributed by atoms with Crippen LogP contribution < -0.4 is 5.32 Å². The fraction of sp³-hybridized carbons (Fsp3) is 0.235. The molecule has 0 fully saturated rings. The Kier molecular flexibility index (Phi) is 6.15. The van der Waals surface area contributed by atoms with Crippen molar-refractivity contribution >= 4 is 62.5 Å². The van der Waals surface area contributed by atoms with Crippen LogP contribution in [-0.4, -0.2) is 25.5 Å². The van der Waals surface area contributed by atoms with Gasteiger partial charge < -0.3 is 5.32 Å². The van der Waals surface area contributed by atoms with Crippen LogP contribution in [0.4, 0.5) is 5.82 Å². The summed E-state index contributed by atoms with van der Waals surface area (Å²) in [6.07, 6.45) is 3.29. The standard InChI is InChI=1S/C17H15BrCl3N5O/c1-9-12(18)6-22-26(9)10(2)17(27)23-16-15(21)8-25(24-16)7-11-3-4-13(19)14(20)5-11/h3-6,8,10H,7H2,1-2H3,(H,23,24,27). The van der Waals surface area contributed by atoms with Crippen LogP contribution in [0.3, 0.4) is 0 Å². The van der Waals surface area contributed by atoms with E-state index in [9.17, 15) is 4.79 Å². The van der Waals surface area contributed by atoms with Crippen LogP contribution in [0.25, 0.3) is 0 Å². The average molecular weight is 492 g/mol. The number of rotatable bonds is 5. The monoisotopic (exact) mass is 489 g/mol. The van der Waals surface area contributed by atoms with Crippen LogP contribution in [0.1, 0.15) is 24.2 Å². The second-order valence-corrected chi connectivity index (χ2v) is 8.04. The highest BCUT2D eigenvalue weighted by molar-refractivity contribution is 9.10. The van der Waals surface area contributed by atoms with Crippen LogP contribution in [0.15, 0.2) is 35.1 Å². The van der Waals surface area contributed by atoms with Gasteiger partial charge in [0.05, 0.1) is 33.0 Å². The summed E-state index contributed by atoms with van der Waals surface area (Å²) in [5.41, 5.74) is 1.76. The number of carbonyl (C=O) groups excluding carboxylic acids is 1. The molecule has 0 aliphatic rings. The molecule has 0 radical (unpaired) electrons. The largest absolute Gasteiger partial charge is 0.306 e. The average Bonchev–Trinajstić information content (AvgIpc) is 3.13. The van der Waals surface area contributed by atoms with Gasteiger partial charge >= 0.3 is 0 Å². The Balaban J connectivity index is 1.73. The number of aromatic nitrogens is 4. The number of nitrogens with zero attached hydrogens (tertiary/aromatic N) is 4. The Morgan fingerprint density at radius 2 is 2.00 bits per heavy atom. The zero-order chi connectivity index (χ0) is 19.7. The molecule has 3 aromatic rings. The van der Waals surface area contributed by atoms with Gasteiger partial charge in [-0.2, -0.15) is 10.2 Å². The second-order valence-electron chi connectivity index (χ2n) is 5.96. The maximum Gasteiger partial charge on any atom is 0.250 e. The van der Waals surface area contributed by atoms with E-state index >= 15 is 0 Å². The number of hydrogen-bond acceptors (Lipinski definition) is 3. The van der Waals surface area contributed by atoms with Crippen molar-refractivity contribution in [3.05, 3.63) is 61.4 Å². The van der Waals surface area contributed by atoms with E-state index in [0.29, 0.717) is 21.6 Å². The fourth-order valence-corrected chi connectivity index (χ4v) is 3.30. The van der Waals surface area contributed by atoms with Crippen molar-refractivity contribution in [2.45, 2.75) is 26.4 Å². The Morgan fingerprint density at radius 3 is 2.63 bits per heavy atom. The van der Waals surface area contributed by atoms with Crippen LogP contribution in [0.5, 0.6) is 0 Å². The number of amides is 1. The van der Waals surface area contributed by atoms with Crippen LogP contribution in [0, 0.1) is 6.92 Å². The van der Waals surface area contributed by atoms with E-state index in [2.05, 4.69) is 31.4 Å². The third-order valence-corrected chi connectivity index (χ3v) is 5.81. The van der Waals surface area contributed by atoms with Gasteiger partial charge in [-0.05, 0) is 47.5 Å². The smallest absolute Gasteiger partial charge is 0.250 e. The van der Waals surface area contributed by atoms with Gasteiger partial charge in [0, 0.05) is 6.20 Å². The lowest BCUT2D eigenvalue weighted by Gasteiger charge is -2.13. The molecule has 2 heterocycles. The maximum atomic E-state index is 12.5. The van der Waals surface area contributed by atoms with Gasteiger partial charge in [-0.15, -0.1) is 0 Å². The summed E-state index contributed by atoms with van der Waals surface area (Å²) in [5, 5.41) is 12.6. The summed E-state index contributed by atoms with van der Waals surface area (Å²) in [6, 6.07) is 4.81. The highest BCUT2D eigenvalue weighted by atomic mass is 79.9. The highest BCUT2D eigenvalue weighted by Gasteiger charge is 2.21. The minimum atomic E-state index is -0.521. The molecule has 0 spiro atoms. The summed E-state index contributed by atoms with van der Waals surface area (Å²) >= 11 is 21.6. The number of hydrogen-bond donors (Lipinski definition) is 1. The Hall–Kier alpha value is -1.54. The molecular weight excluding hydrogens is 476 g/mol. The molecular formula is C17H15BrCl3N5O. The van der Waals surface area contributed by atoms with Gasteiger partial charge in [0.15, 0.2) is 5.82 Å². The highest BCUT2D eigenvalue weighted by Crippen LogP contribution is 2.25. The molecule has 27 heavy (non-hydrogen) atoms. The van der Waals surface area contributed by atoms with Crippen molar-refractivity contribution in [2.24, 2.45) is 0 Å². The molecule has 3 rings (SSSR count). The zero-order valence-electron chi connectivity index (χ0n) is 14.4. The summed E-state index contributed by atoms with van der Waals surface area (Å²) in [5.74, 6) is 0.0211. The predicted octanol–water partition coefficient (Wildman–Crippen LogP) is 5.36. The second kappa shape index (κ2) is 8.22. The van der Waals surface area contributed by atoms with E-state index in [-0.39, 0.29) is 11.7 Å². The number of halogens is 4. The third kappa shape index (κ3) is 4.48. The Labute approximate surface area is 179 Å². The molecule has 0 aliphatic carbocycles. The molecule has 0 bridgehead atoms. The van der Waals surface area contributed by atoms with Crippen molar-refractivity contribution < 1.29 is 4.79 Å². The first kappa shape index (κ1) is 20.2. The summed E-state index contributed by atoms with van der Waals surface area (Å²) in [4.78, 5) is 12.5. The zero-order valence-corrected chi connectivity index (χ0v) is 18.2. The number of anilines is 1. The number of carbonyl (C=O) groups is 1. The molecule has 10 heteroatoms. The van der Waals surface area contributed by atoms with Gasteiger partial charge in [-0.25, -0.2) is 0 Å². The maximum absolute atomic E-state index is 12.5. The normalized spacial score (nSPS) is 12.2. The van der Waals surface area contributed by atoms with E-state index in [1.807, 2.05) is 13.0 Å². The first-order chi connectivity index (χ1) is 12.8. The van der Waals surface area contributed by atoms with Crippen LogP contribution in [0.2, 0.25) is 15.1 Å². The van der Waals surface area contributed by atoms with Crippen LogP contribution >= 0.6 is 50.7 Å². The molecule has 1 aromatic carbocycles. The van der Waals surface area contributed by atoms with Gasteiger partial charge in [-0.3, -0.25) is 14.2 Å². The minimum absolute atomic E-state index is 0.268. The van der Waals surface area contributed by atoms with Crippen molar-refractivity contribution in [3.63, 3.8) is 0 Å². The van der Waals surface area contributed by atoms with Gasteiger partial charge in [-0.1, -0.05) is 40.9 Å². The molecule has 1 unspecified atom stereocenters. The SMILES string of the molecule is Cc1c(Br)cnn1C(C)C(=O)Nc1nn(Cc2ccc(Cl)c(Cl)c2)cc1Cl. The summed E-state index contributed by atoms with van der Waals surface area (Å²) in [6.45, 7) is 4.06. The Morgan fingerprint density at radius 1 is 1.26 bits per heavy atom. The van der Waals surface area contributed by atoms with E-state index < -0.39 is 6.04 Å². The summed E-state index contributed by atoms with van der Waals surface area (Å²) in [7, 11) is 0. The molecule has 1 atom stereocenters. The third-order valence-electron chi connectivity index (χ3n) is 4.02. The van der Waals surface area contributed by atoms with E-state index in [1.54, 1.807) is 40.8 Å². The molecule has 0 saturated carbocycles. The number of nitrogens with one attached hydrogen (secondary N) is 1. The lowest BCUT2D eigenvalue weighted by molar-refractivity contribution is -0.119. The van der Waals surface area contributed by atoms with Gasteiger partial charge in [0.1, 0.15) is 11.1 Å². The molecule has 1 amide bonds. The first-order valence-corrected chi connectivity index (χ1v) is 9.86. The Bertz CT molecular complexity index is 1000. The lowest BCUT2D eigenvalue weighted by atomic mass is 10.2. The minimum Gasteiger partial charge on any atom is -0.306 e. The topological polar surface area (TPSA) is 64.7 Å². The lowest BCUT2D eigenvalue weighted by Crippen LogP contribution is -2.25. The molecule has 0 saturated heterocycles. The van der Waals surface area contributed by atoms with E-state index in [0.717, 1.165) is 15.7 Å². The summed E-state index contributed by atoms with van der Waals surface area (Å²) < 4.78 is 4.09.